The molecule has 20 heavy (non-hydrogen) atoms. The van der Waals surface area contributed by atoms with Crippen LogP contribution in [0.15, 0.2) is 29.2 Å². The number of benzene rings is 1. The lowest BCUT2D eigenvalue weighted by atomic mass is 10.3. The minimum atomic E-state index is -3.67. The van der Waals surface area contributed by atoms with Crippen molar-refractivity contribution in [3.8, 4) is 0 Å². The monoisotopic (exact) mass is 323 g/mol. The molecular formula is C10H14ClN3O5S. The minimum Gasteiger partial charge on any atom is -1.00 e. The van der Waals surface area contributed by atoms with Crippen molar-refractivity contribution in [1.29, 1.82) is 0 Å². The molecule has 1 aromatic carbocycles. The molecule has 1 aromatic rings. The first-order chi connectivity index (χ1) is 8.99. The minimum absolute atomic E-state index is 0. The number of ether oxygens (including phenoxy) is 1. The molecule has 1 saturated heterocycles. The first-order valence-corrected chi connectivity index (χ1v) is 7.17. The smallest absolute Gasteiger partial charge is 0.282 e. The third-order valence-electron chi connectivity index (χ3n) is 2.73. The Balaban J connectivity index is 0.00000200. The van der Waals surface area contributed by atoms with Gasteiger partial charge in [0.2, 0.25) is 0 Å². The van der Waals surface area contributed by atoms with E-state index in [0.717, 1.165) is 0 Å². The summed E-state index contributed by atoms with van der Waals surface area (Å²) in [4.78, 5) is 12.4. The number of nitro benzene ring substituents is 1. The van der Waals surface area contributed by atoms with Gasteiger partial charge in [-0.2, -0.15) is 0 Å². The van der Waals surface area contributed by atoms with E-state index in [1.165, 1.54) is 24.3 Å². The lowest BCUT2D eigenvalue weighted by Crippen LogP contribution is -3.20. The van der Waals surface area contributed by atoms with Crippen molar-refractivity contribution in [2.45, 2.75) is 4.90 Å². The topological polar surface area (TPSA) is 103 Å². The summed E-state index contributed by atoms with van der Waals surface area (Å²) < 4.78 is 29.2. The third kappa shape index (κ3) is 4.12. The van der Waals surface area contributed by atoms with Crippen LogP contribution >= 0.6 is 0 Å². The molecule has 112 valence electrons. The Labute approximate surface area is 122 Å². The van der Waals surface area contributed by atoms with Gasteiger partial charge < -0.3 is 17.1 Å². The molecule has 1 heterocycles. The van der Waals surface area contributed by atoms with E-state index in [1.54, 1.807) is 0 Å². The van der Waals surface area contributed by atoms with E-state index in [9.17, 15) is 18.5 Å². The number of sulfonamides is 1. The maximum absolute atomic E-state index is 12.0. The van der Waals surface area contributed by atoms with Crippen molar-refractivity contribution in [1.82, 2.24) is 4.83 Å². The molecule has 0 amide bonds. The van der Waals surface area contributed by atoms with Gasteiger partial charge in [-0.15, -0.1) is 0 Å². The number of nitro groups is 1. The van der Waals surface area contributed by atoms with Crippen LogP contribution in [-0.4, -0.2) is 39.6 Å². The van der Waals surface area contributed by atoms with Gasteiger partial charge in [-0.25, -0.2) is 13.4 Å². The summed E-state index contributed by atoms with van der Waals surface area (Å²) in [6.07, 6.45) is 0. The van der Waals surface area contributed by atoms with E-state index >= 15 is 0 Å². The molecule has 10 heteroatoms. The van der Waals surface area contributed by atoms with Gasteiger partial charge in [-0.1, -0.05) is 4.83 Å². The Kier molecular flexibility index (Phi) is 5.84. The van der Waals surface area contributed by atoms with Crippen LogP contribution in [0.25, 0.3) is 0 Å². The van der Waals surface area contributed by atoms with E-state index in [2.05, 4.69) is 4.83 Å². The van der Waals surface area contributed by atoms with Gasteiger partial charge in [0, 0.05) is 12.1 Å². The standard InChI is InChI=1S/C10H13N3O5S.ClH/c14-13(15)9-1-3-10(4-2-9)19(16,17)11-12-5-7-18-8-6-12;/h1-4,11H,5-8H2;1H. The molecule has 2 rings (SSSR count). The predicted molar refractivity (Wildman–Crippen MR) is 64.9 cm³/mol. The molecule has 0 aromatic heterocycles. The SMILES string of the molecule is O=[N+]([O-])c1ccc(S(=O)(=O)N[NH+]2CCOCC2)cc1.[Cl-]. The number of nitrogens with zero attached hydrogens (tertiary/aromatic N) is 1. The van der Waals surface area contributed by atoms with E-state index in [0.29, 0.717) is 31.3 Å². The van der Waals surface area contributed by atoms with Crippen LogP contribution in [0.5, 0.6) is 0 Å². The first kappa shape index (κ1) is 16.8. The van der Waals surface area contributed by atoms with Crippen molar-refractivity contribution >= 4 is 15.7 Å². The van der Waals surface area contributed by atoms with Crippen LogP contribution < -0.4 is 22.2 Å². The van der Waals surface area contributed by atoms with Crippen molar-refractivity contribution in [3.63, 3.8) is 0 Å². The maximum Gasteiger partial charge on any atom is 0.282 e. The number of morpholine rings is 1. The molecule has 2 N–H and O–H groups in total. The second-order valence-electron chi connectivity index (χ2n) is 4.07. The second kappa shape index (κ2) is 6.95. The summed E-state index contributed by atoms with van der Waals surface area (Å²) in [5.74, 6) is 0. The highest BCUT2D eigenvalue weighted by molar-refractivity contribution is 7.89. The van der Waals surface area contributed by atoms with Gasteiger partial charge in [-0.3, -0.25) is 10.1 Å². The number of quaternary nitrogens is 1. The highest BCUT2D eigenvalue weighted by atomic mass is 35.5. The summed E-state index contributed by atoms with van der Waals surface area (Å²) in [5.41, 5.74) is -0.141. The van der Waals surface area contributed by atoms with Crippen LogP contribution in [0.1, 0.15) is 0 Å². The normalized spacial score (nSPS) is 16.4. The molecule has 0 saturated carbocycles. The van der Waals surface area contributed by atoms with E-state index < -0.39 is 14.9 Å². The molecule has 0 atom stereocenters. The van der Waals surface area contributed by atoms with E-state index in [4.69, 9.17) is 4.74 Å². The molecule has 1 aliphatic rings. The largest absolute Gasteiger partial charge is 1.00 e. The van der Waals surface area contributed by atoms with Gasteiger partial charge in [0.25, 0.3) is 15.7 Å². The van der Waals surface area contributed by atoms with Crippen molar-refractivity contribution in [3.05, 3.63) is 34.4 Å². The summed E-state index contributed by atoms with van der Waals surface area (Å²) in [6.45, 7) is 2.09. The van der Waals surface area contributed by atoms with Gasteiger partial charge in [-0.05, 0) is 12.1 Å². The molecule has 0 unspecified atom stereocenters. The predicted octanol–water partition coefficient (Wildman–Crippen LogP) is -4.29. The summed E-state index contributed by atoms with van der Waals surface area (Å²) in [6, 6.07) is 4.78. The van der Waals surface area contributed by atoms with Crippen LogP contribution in [-0.2, 0) is 14.8 Å². The van der Waals surface area contributed by atoms with Gasteiger partial charge in [0.15, 0.2) is 0 Å². The van der Waals surface area contributed by atoms with Crippen LogP contribution in [0.2, 0.25) is 0 Å². The van der Waals surface area contributed by atoms with Crippen LogP contribution in [0.4, 0.5) is 5.69 Å². The number of halogens is 1. The lowest BCUT2D eigenvalue weighted by molar-refractivity contribution is -0.938. The number of rotatable bonds is 4. The molecule has 1 aliphatic heterocycles. The highest BCUT2D eigenvalue weighted by Crippen LogP contribution is 2.14. The third-order valence-corrected chi connectivity index (χ3v) is 4.18. The van der Waals surface area contributed by atoms with Crippen molar-refractivity contribution in [2.75, 3.05) is 26.3 Å². The molecular weight excluding hydrogens is 310 g/mol. The molecule has 0 radical (unpaired) electrons. The number of non-ortho nitro benzene ring substituents is 1. The molecule has 0 aliphatic carbocycles. The fourth-order valence-electron chi connectivity index (χ4n) is 1.72. The molecule has 0 bridgehead atoms. The number of hydrogen-bond donors (Lipinski definition) is 2. The highest BCUT2D eigenvalue weighted by Gasteiger charge is 2.23. The molecule has 8 nitrogen and oxygen atoms in total. The average Bonchev–Trinajstić information content (AvgIpc) is 2.39. The zero-order valence-electron chi connectivity index (χ0n) is 10.4. The zero-order chi connectivity index (χ0) is 13.9. The average molecular weight is 324 g/mol. The molecule has 0 spiro atoms. The summed E-state index contributed by atoms with van der Waals surface area (Å²) in [5, 5.41) is 11.2. The molecule has 1 fully saturated rings. The van der Waals surface area contributed by atoms with Crippen molar-refractivity contribution < 1.29 is 35.5 Å². The summed E-state index contributed by atoms with van der Waals surface area (Å²) >= 11 is 0. The zero-order valence-corrected chi connectivity index (χ0v) is 12.0. The fraction of sp³-hybridized carbons (Fsp3) is 0.400. The number of nitrogens with one attached hydrogen (secondary N) is 2. The lowest BCUT2D eigenvalue weighted by Gasteiger charge is -2.23. The van der Waals surface area contributed by atoms with Gasteiger partial charge >= 0.3 is 0 Å². The Bertz CT molecular complexity index is 557. The van der Waals surface area contributed by atoms with Crippen LogP contribution in [0, 0.1) is 10.1 Å². The first-order valence-electron chi connectivity index (χ1n) is 5.69. The summed E-state index contributed by atoms with van der Waals surface area (Å²) in [7, 11) is -3.67. The second-order valence-corrected chi connectivity index (χ2v) is 5.75. The van der Waals surface area contributed by atoms with E-state index in [1.807, 2.05) is 0 Å². The Morgan fingerprint density at radius 1 is 1.20 bits per heavy atom. The maximum atomic E-state index is 12.0. The Morgan fingerprint density at radius 2 is 1.75 bits per heavy atom. The fourth-order valence-corrected chi connectivity index (χ4v) is 2.91. The van der Waals surface area contributed by atoms with Crippen LogP contribution in [0.3, 0.4) is 0 Å². The van der Waals surface area contributed by atoms with Gasteiger partial charge in [0.1, 0.15) is 13.1 Å². The number of hydrogen-bond acceptors (Lipinski definition) is 5. The van der Waals surface area contributed by atoms with Gasteiger partial charge in [0.05, 0.1) is 23.0 Å². The van der Waals surface area contributed by atoms with E-state index in [-0.39, 0.29) is 23.0 Å². The Hall–Kier alpha value is -1.26. The Morgan fingerprint density at radius 3 is 2.25 bits per heavy atom. The quantitative estimate of drug-likeness (QED) is 0.431. The van der Waals surface area contributed by atoms with Crippen molar-refractivity contribution in [2.24, 2.45) is 0 Å².